The monoisotopic (exact) mass is 280 g/mol. The lowest BCUT2D eigenvalue weighted by Crippen LogP contribution is -1.95. The zero-order chi connectivity index (χ0) is 14.4. The van der Waals surface area contributed by atoms with Gasteiger partial charge < -0.3 is 10.1 Å². The number of H-pyrrole nitrogens is 1. The van der Waals surface area contributed by atoms with Crippen LogP contribution in [0.25, 0.3) is 28.2 Å². The van der Waals surface area contributed by atoms with E-state index in [0.29, 0.717) is 28.2 Å². The van der Waals surface area contributed by atoms with Crippen molar-refractivity contribution in [3.63, 3.8) is 0 Å². The molecule has 0 bridgehead atoms. The number of rotatable bonds is 2. The second kappa shape index (κ2) is 4.10. The molecule has 4 aromatic rings. The van der Waals surface area contributed by atoms with Crippen molar-refractivity contribution in [2.75, 3.05) is 0 Å². The van der Waals surface area contributed by atoms with Crippen molar-refractivity contribution in [3.05, 3.63) is 42.5 Å². The molecule has 0 saturated carbocycles. The minimum absolute atomic E-state index is 0.0630. The minimum atomic E-state index is -1.05. The fourth-order valence-corrected chi connectivity index (χ4v) is 2.13. The Kier molecular flexibility index (Phi) is 2.25. The molecule has 0 fully saturated rings. The van der Waals surface area contributed by atoms with Crippen molar-refractivity contribution in [2.24, 2.45) is 0 Å². The first-order chi connectivity index (χ1) is 10.2. The normalized spacial score (nSPS) is 11.2. The Hall–Kier alpha value is -3.29. The highest BCUT2D eigenvalue weighted by atomic mass is 16.4. The van der Waals surface area contributed by atoms with Crippen LogP contribution in [0.15, 0.2) is 36.8 Å². The molecule has 0 atom stereocenters. The van der Waals surface area contributed by atoms with Gasteiger partial charge >= 0.3 is 5.97 Å². The van der Waals surface area contributed by atoms with Gasteiger partial charge in [-0.05, 0) is 18.2 Å². The molecule has 4 rings (SSSR count). The van der Waals surface area contributed by atoms with Crippen LogP contribution < -0.4 is 0 Å². The van der Waals surface area contributed by atoms with Crippen LogP contribution in [0.3, 0.4) is 0 Å². The summed E-state index contributed by atoms with van der Waals surface area (Å²) in [5.74, 6) is -0.585. The van der Waals surface area contributed by atoms with E-state index >= 15 is 0 Å². The van der Waals surface area contributed by atoms with Crippen molar-refractivity contribution in [2.45, 2.75) is 0 Å². The van der Waals surface area contributed by atoms with Gasteiger partial charge in [0, 0.05) is 6.20 Å². The Labute approximate surface area is 117 Å². The lowest BCUT2D eigenvalue weighted by atomic mass is 10.3. The lowest BCUT2D eigenvalue weighted by molar-refractivity contribution is 0.0691. The van der Waals surface area contributed by atoms with Crippen LogP contribution in [0.5, 0.6) is 0 Å². The summed E-state index contributed by atoms with van der Waals surface area (Å²) in [6.07, 6.45) is 3.15. The lowest BCUT2D eigenvalue weighted by Gasteiger charge is -1.90. The smallest absolute Gasteiger partial charge is 0.352 e. The van der Waals surface area contributed by atoms with E-state index in [-0.39, 0.29) is 5.69 Å². The highest BCUT2D eigenvalue weighted by Gasteiger charge is 2.14. The highest BCUT2D eigenvalue weighted by molar-refractivity contribution is 5.97. The average molecular weight is 280 g/mol. The summed E-state index contributed by atoms with van der Waals surface area (Å²) in [5.41, 5.74) is 1.70. The Morgan fingerprint density at radius 3 is 2.95 bits per heavy atom. The van der Waals surface area contributed by atoms with Crippen molar-refractivity contribution < 1.29 is 9.90 Å². The van der Waals surface area contributed by atoms with E-state index in [1.54, 1.807) is 12.3 Å². The summed E-state index contributed by atoms with van der Waals surface area (Å²) in [7, 11) is 0. The van der Waals surface area contributed by atoms with Gasteiger partial charge in [0.1, 0.15) is 23.4 Å². The third-order valence-electron chi connectivity index (χ3n) is 3.09. The number of nitrogens with one attached hydrogen (secondary N) is 1. The fourth-order valence-electron chi connectivity index (χ4n) is 2.13. The predicted molar refractivity (Wildman–Crippen MR) is 72.8 cm³/mol. The molecule has 102 valence electrons. The molecule has 8 heteroatoms. The zero-order valence-corrected chi connectivity index (χ0v) is 10.6. The third-order valence-corrected chi connectivity index (χ3v) is 3.09. The standard InChI is InChI=1S/C13H8N6O2/c20-13(21)9-5-7-10(16-9)15-6-19-12(7)17-11(18-19)8-3-1-2-4-14-8/h1-6,16H,(H,20,21). The van der Waals surface area contributed by atoms with E-state index in [9.17, 15) is 4.79 Å². The van der Waals surface area contributed by atoms with E-state index in [1.165, 1.54) is 16.9 Å². The third kappa shape index (κ3) is 1.73. The van der Waals surface area contributed by atoms with E-state index < -0.39 is 5.97 Å². The molecule has 0 amide bonds. The van der Waals surface area contributed by atoms with Gasteiger partial charge in [-0.3, -0.25) is 4.98 Å². The van der Waals surface area contributed by atoms with Crippen LogP contribution in [0.1, 0.15) is 10.5 Å². The quantitative estimate of drug-likeness (QED) is 0.574. The molecule has 4 aromatic heterocycles. The first-order valence-corrected chi connectivity index (χ1v) is 6.11. The Balaban J connectivity index is 1.99. The van der Waals surface area contributed by atoms with Crippen molar-refractivity contribution in [1.82, 2.24) is 29.5 Å². The van der Waals surface area contributed by atoms with E-state index in [2.05, 4.69) is 25.0 Å². The molecule has 4 heterocycles. The second-order valence-electron chi connectivity index (χ2n) is 4.41. The topological polar surface area (TPSA) is 109 Å². The maximum Gasteiger partial charge on any atom is 0.352 e. The molecule has 0 aliphatic carbocycles. The Morgan fingerprint density at radius 1 is 1.29 bits per heavy atom. The number of aromatic amines is 1. The number of pyridine rings is 1. The van der Waals surface area contributed by atoms with E-state index in [1.807, 2.05) is 12.1 Å². The number of carboxylic acids is 1. The van der Waals surface area contributed by atoms with Gasteiger partial charge in [0.25, 0.3) is 0 Å². The Morgan fingerprint density at radius 2 is 2.19 bits per heavy atom. The molecule has 0 aliphatic rings. The second-order valence-corrected chi connectivity index (χ2v) is 4.41. The molecule has 0 radical (unpaired) electrons. The van der Waals surface area contributed by atoms with Crippen LogP contribution in [0, 0.1) is 0 Å². The molecule has 0 unspecified atom stereocenters. The van der Waals surface area contributed by atoms with Crippen LogP contribution in [-0.2, 0) is 0 Å². The summed E-state index contributed by atoms with van der Waals surface area (Å²) in [6.45, 7) is 0. The first-order valence-electron chi connectivity index (χ1n) is 6.11. The van der Waals surface area contributed by atoms with E-state index in [4.69, 9.17) is 5.11 Å². The summed E-state index contributed by atoms with van der Waals surface area (Å²) in [5, 5.41) is 13.9. The molecule has 0 aromatic carbocycles. The molecule has 0 aliphatic heterocycles. The van der Waals surface area contributed by atoms with Crippen LogP contribution in [0.4, 0.5) is 0 Å². The molecule has 2 N–H and O–H groups in total. The molecule has 0 spiro atoms. The average Bonchev–Trinajstić information content (AvgIpc) is 3.11. The van der Waals surface area contributed by atoms with Crippen molar-refractivity contribution in [3.8, 4) is 11.5 Å². The van der Waals surface area contributed by atoms with E-state index in [0.717, 1.165) is 0 Å². The molecule has 8 nitrogen and oxygen atoms in total. The summed E-state index contributed by atoms with van der Waals surface area (Å²) >= 11 is 0. The maximum absolute atomic E-state index is 11.0. The zero-order valence-electron chi connectivity index (χ0n) is 10.6. The summed E-state index contributed by atoms with van der Waals surface area (Å²) < 4.78 is 1.51. The largest absolute Gasteiger partial charge is 0.477 e. The first kappa shape index (κ1) is 11.5. The van der Waals surface area contributed by atoms with Gasteiger partial charge in [-0.1, -0.05) is 6.07 Å². The number of nitrogens with zero attached hydrogens (tertiary/aromatic N) is 5. The van der Waals surface area contributed by atoms with Gasteiger partial charge in [0.2, 0.25) is 5.82 Å². The number of carboxylic acid groups (broad SMARTS) is 1. The number of aromatic nitrogens is 6. The van der Waals surface area contributed by atoms with Gasteiger partial charge in [0.05, 0.1) is 5.39 Å². The van der Waals surface area contributed by atoms with Gasteiger partial charge in [-0.25, -0.2) is 19.3 Å². The van der Waals surface area contributed by atoms with Crippen LogP contribution in [0.2, 0.25) is 0 Å². The Bertz CT molecular complexity index is 972. The van der Waals surface area contributed by atoms with Crippen molar-refractivity contribution >= 4 is 22.6 Å². The van der Waals surface area contributed by atoms with Crippen LogP contribution >= 0.6 is 0 Å². The number of hydrogen-bond acceptors (Lipinski definition) is 5. The molecular weight excluding hydrogens is 272 g/mol. The van der Waals surface area contributed by atoms with Gasteiger partial charge in [-0.2, -0.15) is 0 Å². The number of carbonyl (C=O) groups is 1. The van der Waals surface area contributed by atoms with Gasteiger partial charge in [0.15, 0.2) is 5.65 Å². The molecule has 21 heavy (non-hydrogen) atoms. The van der Waals surface area contributed by atoms with Crippen LogP contribution in [-0.4, -0.2) is 40.6 Å². The number of fused-ring (bicyclic) bond motifs is 3. The summed E-state index contributed by atoms with van der Waals surface area (Å²) in [4.78, 5) is 26.5. The predicted octanol–water partition coefficient (Wildman–Crippen LogP) is 1.37. The highest BCUT2D eigenvalue weighted by Crippen LogP contribution is 2.20. The number of hydrogen-bond donors (Lipinski definition) is 2. The fraction of sp³-hybridized carbons (Fsp3) is 0. The number of aromatic carboxylic acids is 1. The minimum Gasteiger partial charge on any atom is -0.477 e. The summed E-state index contributed by atoms with van der Waals surface area (Å²) in [6, 6.07) is 6.96. The molecular formula is C13H8N6O2. The van der Waals surface area contributed by atoms with Crippen molar-refractivity contribution in [1.29, 1.82) is 0 Å². The van der Waals surface area contributed by atoms with Gasteiger partial charge in [-0.15, -0.1) is 5.10 Å². The SMILES string of the molecule is O=C(O)c1cc2c(ncn3nc(-c4ccccn4)nc23)[nH]1. The molecule has 0 saturated heterocycles. The maximum atomic E-state index is 11.0.